The third kappa shape index (κ3) is 5.23. The molecule has 36 heavy (non-hydrogen) atoms. The van der Waals surface area contributed by atoms with Crippen LogP contribution in [0.15, 0.2) is 65.5 Å². The van der Waals surface area contributed by atoms with Gasteiger partial charge in [0.15, 0.2) is 4.96 Å². The number of aromatic nitrogens is 2. The van der Waals surface area contributed by atoms with Gasteiger partial charge in [-0.15, -0.1) is 0 Å². The molecule has 0 fully saturated rings. The first kappa shape index (κ1) is 24.3. The average molecular weight is 521 g/mol. The molecule has 0 amide bonds. The van der Waals surface area contributed by atoms with Crippen molar-refractivity contribution >= 4 is 45.0 Å². The largest absolute Gasteiger partial charge is 0.491 e. The lowest BCUT2D eigenvalue weighted by Crippen LogP contribution is -2.22. The lowest BCUT2D eigenvalue weighted by Gasteiger charge is -2.11. The van der Waals surface area contributed by atoms with E-state index in [1.54, 1.807) is 28.7 Å². The number of hydrogen-bond acceptors (Lipinski definition) is 6. The van der Waals surface area contributed by atoms with E-state index < -0.39 is 0 Å². The summed E-state index contributed by atoms with van der Waals surface area (Å²) in [5, 5.41) is 0.563. The highest BCUT2D eigenvalue weighted by Gasteiger charge is 2.11. The van der Waals surface area contributed by atoms with Crippen LogP contribution in [0.2, 0.25) is 5.02 Å². The van der Waals surface area contributed by atoms with Gasteiger partial charge in [0, 0.05) is 10.6 Å². The van der Waals surface area contributed by atoms with Crippen molar-refractivity contribution in [2.45, 2.75) is 13.8 Å². The molecular formula is C28H25ClN2O4S. The van der Waals surface area contributed by atoms with Crippen molar-refractivity contribution < 1.29 is 14.2 Å². The van der Waals surface area contributed by atoms with Crippen molar-refractivity contribution in [3.8, 4) is 11.5 Å². The van der Waals surface area contributed by atoms with Crippen LogP contribution in [0.5, 0.6) is 11.5 Å². The van der Waals surface area contributed by atoms with Crippen LogP contribution in [0.3, 0.4) is 0 Å². The van der Waals surface area contributed by atoms with Crippen LogP contribution >= 0.6 is 22.9 Å². The third-order valence-corrected chi connectivity index (χ3v) is 7.07. The summed E-state index contributed by atoms with van der Waals surface area (Å²) in [7, 11) is 0. The Hall–Kier alpha value is -3.39. The van der Waals surface area contributed by atoms with Gasteiger partial charge in [-0.3, -0.25) is 4.79 Å². The van der Waals surface area contributed by atoms with E-state index in [1.807, 2.05) is 42.5 Å². The maximum absolute atomic E-state index is 13.1. The number of nitrogens with zero attached hydrogens (tertiary/aromatic N) is 2. The number of aryl methyl sites for hydroxylation is 2. The number of thiazole rings is 1. The predicted octanol–water partition coefficient (Wildman–Crippen LogP) is 5.20. The lowest BCUT2D eigenvalue weighted by molar-refractivity contribution is 0.0763. The molecule has 0 N–H and O–H groups in total. The molecule has 0 aliphatic carbocycles. The van der Waals surface area contributed by atoms with Crippen LogP contribution in [-0.4, -0.2) is 35.8 Å². The maximum atomic E-state index is 13.1. The topological polar surface area (TPSA) is 62.1 Å². The Morgan fingerprint density at radius 2 is 1.75 bits per heavy atom. The number of imidazole rings is 1. The van der Waals surface area contributed by atoms with Gasteiger partial charge >= 0.3 is 0 Å². The van der Waals surface area contributed by atoms with Crippen molar-refractivity contribution in [3.63, 3.8) is 0 Å². The molecule has 0 unspecified atom stereocenters. The van der Waals surface area contributed by atoms with Gasteiger partial charge in [-0.05, 0) is 73.5 Å². The molecule has 184 valence electrons. The summed E-state index contributed by atoms with van der Waals surface area (Å²) in [6, 6.07) is 19.0. The number of rotatable bonds is 9. The normalized spacial score (nSPS) is 12.0. The Bertz CT molecular complexity index is 1640. The summed E-state index contributed by atoms with van der Waals surface area (Å²) in [5.41, 5.74) is 4.66. The second-order valence-electron chi connectivity index (χ2n) is 8.37. The van der Waals surface area contributed by atoms with Gasteiger partial charge in [0.25, 0.3) is 5.56 Å². The molecule has 6 nitrogen and oxygen atoms in total. The summed E-state index contributed by atoms with van der Waals surface area (Å²) in [4.78, 5) is 18.3. The monoisotopic (exact) mass is 520 g/mol. The SMILES string of the molecule is Cc1ccc(OCCOCCOc2ccc(Cl)cc2/C=c2\sc3nc4ccccc4n3c2=O)cc1C. The molecule has 0 aliphatic heterocycles. The molecular weight excluding hydrogens is 496 g/mol. The minimum absolute atomic E-state index is 0.110. The first-order chi connectivity index (χ1) is 17.5. The second-order valence-corrected chi connectivity index (χ2v) is 9.82. The first-order valence-electron chi connectivity index (χ1n) is 11.6. The number of para-hydroxylation sites is 2. The highest BCUT2D eigenvalue weighted by molar-refractivity contribution is 7.15. The Morgan fingerprint density at radius 3 is 2.58 bits per heavy atom. The second kappa shape index (κ2) is 10.7. The summed E-state index contributed by atoms with van der Waals surface area (Å²) in [5.74, 6) is 1.47. The molecule has 5 aromatic rings. The zero-order valence-corrected chi connectivity index (χ0v) is 21.6. The Balaban J connectivity index is 1.22. The molecule has 2 aromatic heterocycles. The highest BCUT2D eigenvalue weighted by Crippen LogP contribution is 2.24. The Kier molecular flexibility index (Phi) is 7.23. The zero-order chi connectivity index (χ0) is 25.1. The van der Waals surface area contributed by atoms with Crippen molar-refractivity contribution in [1.82, 2.24) is 9.38 Å². The van der Waals surface area contributed by atoms with Gasteiger partial charge in [0.05, 0.1) is 28.8 Å². The van der Waals surface area contributed by atoms with Gasteiger partial charge < -0.3 is 14.2 Å². The van der Waals surface area contributed by atoms with Gasteiger partial charge in [-0.25, -0.2) is 9.38 Å². The van der Waals surface area contributed by atoms with Crippen LogP contribution in [0, 0.1) is 13.8 Å². The molecule has 0 saturated heterocycles. The standard InChI is InChI=1S/C28H25ClN2O4S/c1-18-7-9-22(15-19(18)2)34-13-11-33-12-14-35-25-10-8-21(29)16-20(25)17-26-27(32)31-24-6-4-3-5-23(24)30-28(31)36-26/h3-10,15-17H,11-14H2,1-2H3/b26-17-. The van der Waals surface area contributed by atoms with Crippen LogP contribution in [0.1, 0.15) is 16.7 Å². The van der Waals surface area contributed by atoms with Gasteiger partial charge in [0.2, 0.25) is 0 Å². The van der Waals surface area contributed by atoms with Crippen molar-refractivity contribution in [3.05, 3.63) is 97.3 Å². The Morgan fingerprint density at radius 1 is 0.944 bits per heavy atom. The van der Waals surface area contributed by atoms with E-state index in [0.29, 0.717) is 46.7 Å². The summed E-state index contributed by atoms with van der Waals surface area (Å²) in [6.07, 6.45) is 1.80. The lowest BCUT2D eigenvalue weighted by atomic mass is 10.1. The fourth-order valence-corrected chi connectivity index (χ4v) is 5.01. The van der Waals surface area contributed by atoms with Gasteiger partial charge in [-0.2, -0.15) is 0 Å². The molecule has 0 radical (unpaired) electrons. The van der Waals surface area contributed by atoms with Crippen molar-refractivity contribution in [2.75, 3.05) is 26.4 Å². The fourth-order valence-electron chi connectivity index (χ4n) is 3.85. The fraction of sp³-hybridized carbons (Fsp3) is 0.214. The molecule has 5 rings (SSSR count). The van der Waals surface area contributed by atoms with Gasteiger partial charge in [0.1, 0.15) is 24.7 Å². The number of ether oxygens (including phenoxy) is 3. The summed E-state index contributed by atoms with van der Waals surface area (Å²) < 4.78 is 19.6. The van der Waals surface area contributed by atoms with Crippen LogP contribution in [-0.2, 0) is 4.74 Å². The summed E-state index contributed by atoms with van der Waals surface area (Å²) in [6.45, 7) is 5.82. The van der Waals surface area contributed by atoms with E-state index in [9.17, 15) is 4.79 Å². The van der Waals surface area contributed by atoms with Gasteiger partial charge in [-0.1, -0.05) is 41.1 Å². The van der Waals surface area contributed by atoms with E-state index >= 15 is 0 Å². The summed E-state index contributed by atoms with van der Waals surface area (Å²) >= 11 is 7.58. The van der Waals surface area contributed by atoms with Crippen molar-refractivity contribution in [1.29, 1.82) is 0 Å². The van der Waals surface area contributed by atoms with Crippen molar-refractivity contribution in [2.24, 2.45) is 0 Å². The molecule has 0 aliphatic rings. The molecule has 0 saturated carbocycles. The average Bonchev–Trinajstić information content (AvgIpc) is 3.37. The number of benzene rings is 3. The number of halogens is 1. The van der Waals surface area contributed by atoms with E-state index in [2.05, 4.69) is 18.8 Å². The molecule has 8 heteroatoms. The quantitative estimate of drug-likeness (QED) is 0.250. The van der Waals surface area contributed by atoms with E-state index in [4.69, 9.17) is 25.8 Å². The van der Waals surface area contributed by atoms with Crippen LogP contribution in [0.25, 0.3) is 22.1 Å². The molecule has 2 heterocycles. The zero-order valence-electron chi connectivity index (χ0n) is 20.0. The van der Waals surface area contributed by atoms with Crippen LogP contribution in [0.4, 0.5) is 0 Å². The number of fused-ring (bicyclic) bond motifs is 3. The maximum Gasteiger partial charge on any atom is 0.274 e. The molecule has 3 aromatic carbocycles. The van der Waals surface area contributed by atoms with E-state index in [0.717, 1.165) is 22.3 Å². The van der Waals surface area contributed by atoms with E-state index in [1.165, 1.54) is 22.5 Å². The van der Waals surface area contributed by atoms with Crippen LogP contribution < -0.4 is 19.6 Å². The Labute approximate surface area is 217 Å². The molecule has 0 atom stereocenters. The first-order valence-corrected chi connectivity index (χ1v) is 12.8. The number of hydrogen-bond donors (Lipinski definition) is 0. The minimum atomic E-state index is -0.110. The predicted molar refractivity (Wildman–Crippen MR) is 145 cm³/mol. The smallest absolute Gasteiger partial charge is 0.274 e. The minimum Gasteiger partial charge on any atom is -0.491 e. The van der Waals surface area contributed by atoms with E-state index in [-0.39, 0.29) is 5.56 Å². The third-order valence-electron chi connectivity index (χ3n) is 5.86. The molecule has 0 spiro atoms. The highest BCUT2D eigenvalue weighted by atomic mass is 35.5. The molecule has 0 bridgehead atoms.